The van der Waals surface area contributed by atoms with E-state index in [0.29, 0.717) is 29.6 Å². The zero-order valence-corrected chi connectivity index (χ0v) is 19.7. The second-order valence-electron chi connectivity index (χ2n) is 9.28. The summed E-state index contributed by atoms with van der Waals surface area (Å²) in [6.45, 7) is -0.0455. The quantitative estimate of drug-likeness (QED) is 0.294. The number of carboxylic acid groups (broad SMARTS) is 1. The van der Waals surface area contributed by atoms with Gasteiger partial charge < -0.3 is 53.6 Å². The number of esters is 1. The van der Waals surface area contributed by atoms with Crippen LogP contribution in [-0.2, 0) is 19.1 Å². The van der Waals surface area contributed by atoms with E-state index >= 15 is 0 Å². The smallest absolute Gasteiger partial charge is 0.317 e. The molecule has 0 radical (unpaired) electrons. The van der Waals surface area contributed by atoms with Crippen molar-refractivity contribution in [2.45, 2.75) is 49.1 Å². The molecule has 202 valence electrons. The molecule has 38 heavy (non-hydrogen) atoms. The molecule has 13 heteroatoms. The molecule has 6 rings (SSSR count). The third kappa shape index (κ3) is 4.32. The Labute approximate surface area is 215 Å². The molecule has 4 aliphatic heterocycles. The molecule has 2 aromatic rings. The van der Waals surface area contributed by atoms with Gasteiger partial charge in [-0.05, 0) is 18.2 Å². The Balaban J connectivity index is 1.15. The molecule has 2 aromatic carbocycles. The topological polar surface area (TPSA) is 180 Å². The average Bonchev–Trinajstić information content (AvgIpc) is 3.50. The van der Waals surface area contributed by atoms with Gasteiger partial charge in [-0.15, -0.1) is 0 Å². The van der Waals surface area contributed by atoms with Crippen LogP contribution in [0.15, 0.2) is 30.3 Å². The van der Waals surface area contributed by atoms with Crippen LogP contribution in [0.25, 0.3) is 0 Å². The largest absolute Gasteiger partial charge is 0.492 e. The van der Waals surface area contributed by atoms with E-state index in [9.17, 15) is 24.9 Å². The number of aliphatic carboxylic acids is 1. The van der Waals surface area contributed by atoms with Crippen LogP contribution in [0.1, 0.15) is 29.6 Å². The van der Waals surface area contributed by atoms with E-state index in [1.54, 1.807) is 18.2 Å². The summed E-state index contributed by atoms with van der Waals surface area (Å²) in [5, 5.41) is 39.5. The summed E-state index contributed by atoms with van der Waals surface area (Å²) in [4.78, 5) is 22.2. The average molecular weight is 532 g/mol. The van der Waals surface area contributed by atoms with E-state index in [1.165, 1.54) is 0 Å². The van der Waals surface area contributed by atoms with Gasteiger partial charge in [-0.3, -0.25) is 9.59 Å². The number of ether oxygens (including phenoxy) is 7. The Morgan fingerprint density at radius 1 is 0.895 bits per heavy atom. The second kappa shape index (κ2) is 9.51. The Morgan fingerprint density at radius 2 is 1.68 bits per heavy atom. The van der Waals surface area contributed by atoms with E-state index in [4.69, 9.17) is 38.3 Å². The first kappa shape index (κ1) is 24.6. The molecule has 0 aliphatic carbocycles. The first-order valence-corrected chi connectivity index (χ1v) is 11.9. The normalized spacial score (nSPS) is 30.2. The molecule has 4 N–H and O–H groups in total. The van der Waals surface area contributed by atoms with Crippen molar-refractivity contribution < 1.29 is 63.2 Å². The highest BCUT2D eigenvalue weighted by Crippen LogP contribution is 2.54. The van der Waals surface area contributed by atoms with Crippen molar-refractivity contribution >= 4 is 11.9 Å². The molecule has 0 bridgehead atoms. The lowest BCUT2D eigenvalue weighted by atomic mass is 9.89. The first-order chi connectivity index (χ1) is 18.3. The minimum Gasteiger partial charge on any atom is -0.492 e. The maximum Gasteiger partial charge on any atom is 0.317 e. The third-order valence-electron chi connectivity index (χ3n) is 6.86. The number of hydrogen-bond acceptors (Lipinski definition) is 12. The van der Waals surface area contributed by atoms with Gasteiger partial charge in [-0.2, -0.15) is 0 Å². The lowest BCUT2D eigenvalue weighted by Crippen LogP contribution is -2.60. The highest BCUT2D eigenvalue weighted by molar-refractivity contribution is 5.90. The van der Waals surface area contributed by atoms with Crippen LogP contribution >= 0.6 is 0 Å². The first-order valence-electron chi connectivity index (χ1n) is 11.9. The Hall–Kier alpha value is -3.78. The zero-order valence-electron chi connectivity index (χ0n) is 19.7. The van der Waals surface area contributed by atoms with E-state index in [2.05, 4.69) is 0 Å². The molecule has 1 fully saturated rings. The lowest BCUT2D eigenvalue weighted by molar-refractivity contribution is -0.278. The van der Waals surface area contributed by atoms with Crippen LogP contribution in [0.3, 0.4) is 0 Å². The van der Waals surface area contributed by atoms with E-state index < -0.39 is 55.7 Å². The van der Waals surface area contributed by atoms with Crippen LogP contribution in [0.2, 0.25) is 0 Å². The molecule has 0 aromatic heterocycles. The predicted molar refractivity (Wildman–Crippen MR) is 121 cm³/mol. The molecule has 4 aliphatic rings. The van der Waals surface area contributed by atoms with Crippen LogP contribution in [0, 0.1) is 0 Å². The number of carboxylic acids is 1. The van der Waals surface area contributed by atoms with Crippen LogP contribution < -0.4 is 23.7 Å². The number of carbonyl (C=O) groups excluding carboxylic acids is 1. The Bertz CT molecular complexity index is 1260. The van der Waals surface area contributed by atoms with E-state index in [-0.39, 0.29) is 24.6 Å². The number of benzene rings is 2. The monoisotopic (exact) mass is 532 g/mol. The summed E-state index contributed by atoms with van der Waals surface area (Å²) in [5.74, 6) is 0.255. The Kier molecular flexibility index (Phi) is 6.14. The van der Waals surface area contributed by atoms with Crippen LogP contribution in [0.4, 0.5) is 0 Å². The fourth-order valence-corrected chi connectivity index (χ4v) is 4.93. The Morgan fingerprint density at radius 3 is 2.47 bits per heavy atom. The lowest BCUT2D eigenvalue weighted by Gasteiger charge is -2.40. The molecule has 0 amide bonds. The summed E-state index contributed by atoms with van der Waals surface area (Å²) in [5.41, 5.74) is 1.75. The van der Waals surface area contributed by atoms with Crippen molar-refractivity contribution in [2.24, 2.45) is 0 Å². The summed E-state index contributed by atoms with van der Waals surface area (Å²) >= 11 is 0. The maximum atomic E-state index is 11.5. The fraction of sp³-hybridized carbons (Fsp3) is 0.440. The number of hydrogen-bond donors (Lipinski definition) is 4. The number of carbonyl (C=O) groups is 2. The van der Waals surface area contributed by atoms with Gasteiger partial charge in [0.2, 0.25) is 13.1 Å². The maximum absolute atomic E-state index is 11.5. The molecule has 0 spiro atoms. The molecule has 7 atom stereocenters. The predicted octanol–water partition coefficient (Wildman–Crippen LogP) is 0.229. The van der Waals surface area contributed by atoms with Crippen LogP contribution in [0.5, 0.6) is 28.7 Å². The zero-order chi connectivity index (χ0) is 26.6. The SMILES string of the molecule is O=C(O)CC(=O)OC[C@H]1O[C@H](Oc2ccc3c(c2)OC[C@@H]2c4cc5c(cc4O[C@@H]32)OCO5)[C@H](O)[C@@H](O)[C@@H]1O. The van der Waals surface area contributed by atoms with Crippen molar-refractivity contribution in [1.29, 1.82) is 0 Å². The van der Waals surface area contributed by atoms with Gasteiger partial charge in [0, 0.05) is 23.3 Å². The fourth-order valence-electron chi connectivity index (χ4n) is 4.93. The van der Waals surface area contributed by atoms with Gasteiger partial charge in [-0.25, -0.2) is 0 Å². The molecule has 1 saturated heterocycles. The highest BCUT2D eigenvalue weighted by Gasteiger charge is 2.46. The van der Waals surface area contributed by atoms with E-state index in [1.807, 2.05) is 12.1 Å². The van der Waals surface area contributed by atoms with Crippen molar-refractivity contribution in [3.63, 3.8) is 0 Å². The van der Waals surface area contributed by atoms with E-state index in [0.717, 1.165) is 11.1 Å². The van der Waals surface area contributed by atoms with Gasteiger partial charge in [0.15, 0.2) is 11.5 Å². The third-order valence-corrected chi connectivity index (χ3v) is 6.86. The van der Waals surface area contributed by atoms with Gasteiger partial charge in [0.25, 0.3) is 0 Å². The second-order valence-corrected chi connectivity index (χ2v) is 9.28. The molecular weight excluding hydrogens is 508 g/mol. The molecule has 13 nitrogen and oxygen atoms in total. The van der Waals surface area contributed by atoms with Gasteiger partial charge in [0.05, 0.1) is 12.5 Å². The standard InChI is InChI=1S/C25H24O13/c26-19(27)6-20(28)33-8-18-21(29)22(30)23(31)25(38-18)36-10-1-2-11-14(3-10)32-7-13-12-4-16-17(35-9-34-16)5-15(12)37-24(11)13/h1-5,13,18,21-25,29-31H,6-9H2,(H,26,27)/t13-,18-,21-,22+,23-,24+,25+/m1/s1. The molecule has 4 heterocycles. The summed E-state index contributed by atoms with van der Waals surface area (Å²) < 4.78 is 39.2. The number of aliphatic hydroxyl groups is 3. The van der Waals surface area contributed by atoms with Crippen molar-refractivity contribution in [3.05, 3.63) is 41.5 Å². The van der Waals surface area contributed by atoms with Crippen LogP contribution in [-0.4, -0.2) is 83.1 Å². The van der Waals surface area contributed by atoms with Gasteiger partial charge >= 0.3 is 11.9 Å². The molecule has 0 unspecified atom stereocenters. The molecule has 0 saturated carbocycles. The summed E-state index contributed by atoms with van der Waals surface area (Å²) in [6, 6.07) is 8.70. The van der Waals surface area contributed by atoms with Crippen molar-refractivity contribution in [3.8, 4) is 28.7 Å². The number of fused-ring (bicyclic) bond motifs is 6. The minimum absolute atomic E-state index is 0.0523. The van der Waals surface area contributed by atoms with Gasteiger partial charge in [-0.1, -0.05) is 0 Å². The van der Waals surface area contributed by atoms with Gasteiger partial charge in [0.1, 0.15) is 60.8 Å². The number of aliphatic hydroxyl groups excluding tert-OH is 3. The van der Waals surface area contributed by atoms with Crippen molar-refractivity contribution in [1.82, 2.24) is 0 Å². The minimum atomic E-state index is -1.67. The van der Waals surface area contributed by atoms with Crippen molar-refractivity contribution in [2.75, 3.05) is 20.0 Å². The summed E-state index contributed by atoms with van der Waals surface area (Å²) in [6.07, 6.45) is -8.79. The number of rotatable bonds is 6. The molecular formula is C25H24O13. The summed E-state index contributed by atoms with van der Waals surface area (Å²) in [7, 11) is 0. The highest BCUT2D eigenvalue weighted by atomic mass is 16.7.